The number of carbonyl (C=O) groups excluding carboxylic acids is 3. The lowest BCUT2D eigenvalue weighted by Crippen LogP contribution is -2.51. The molecule has 1 N–H and O–H groups in total. The van der Waals surface area contributed by atoms with Crippen LogP contribution in [0.5, 0.6) is 0 Å². The second kappa shape index (κ2) is 8.74. The van der Waals surface area contributed by atoms with Gasteiger partial charge in [0.25, 0.3) is 5.91 Å². The van der Waals surface area contributed by atoms with Crippen molar-refractivity contribution in [2.75, 3.05) is 39.3 Å². The lowest BCUT2D eigenvalue weighted by molar-refractivity contribution is 0.0147. The van der Waals surface area contributed by atoms with E-state index in [1.165, 1.54) is 0 Å². The summed E-state index contributed by atoms with van der Waals surface area (Å²) >= 11 is 0. The normalized spacial score (nSPS) is 15.8. The van der Waals surface area contributed by atoms with Crippen molar-refractivity contribution >= 4 is 17.8 Å². The van der Waals surface area contributed by atoms with Crippen LogP contribution in [0.1, 0.15) is 47.1 Å². The highest BCUT2D eigenvalue weighted by Crippen LogP contribution is 2.36. The Kier molecular flexibility index (Phi) is 6.02. The van der Waals surface area contributed by atoms with Gasteiger partial charge in [0.15, 0.2) is 5.78 Å². The number of ether oxygens (including phenoxy) is 1. The predicted molar refractivity (Wildman–Crippen MR) is 122 cm³/mol. The van der Waals surface area contributed by atoms with E-state index in [1.807, 2.05) is 51.1 Å². The molecule has 0 bridgehead atoms. The molecule has 2 aromatic rings. The maximum Gasteiger partial charge on any atom is 0.410 e. The Morgan fingerprint density at radius 1 is 0.938 bits per heavy atom. The molecule has 2 aliphatic rings. The minimum absolute atomic E-state index is 0.0342. The number of ketones is 1. The maximum atomic E-state index is 12.7. The zero-order valence-electron chi connectivity index (χ0n) is 18.8. The van der Waals surface area contributed by atoms with E-state index in [4.69, 9.17) is 4.74 Å². The Bertz CT molecular complexity index is 1050. The fraction of sp³-hybridized carbons (Fsp3) is 0.400. The predicted octanol–water partition coefficient (Wildman–Crippen LogP) is 3.18. The number of amides is 2. The van der Waals surface area contributed by atoms with Crippen LogP contribution in [0.4, 0.5) is 4.79 Å². The number of hydrogen-bond acceptors (Lipinski definition) is 5. The highest BCUT2D eigenvalue weighted by atomic mass is 16.6. The van der Waals surface area contributed by atoms with Gasteiger partial charge < -0.3 is 15.0 Å². The molecule has 2 aromatic carbocycles. The van der Waals surface area contributed by atoms with Gasteiger partial charge in [-0.05, 0) is 44.0 Å². The summed E-state index contributed by atoms with van der Waals surface area (Å²) in [6, 6.07) is 12.8. The first kappa shape index (κ1) is 22.0. The third kappa shape index (κ3) is 4.67. The second-order valence-electron chi connectivity index (χ2n) is 9.20. The summed E-state index contributed by atoms with van der Waals surface area (Å²) in [4.78, 5) is 41.4. The molecule has 2 amide bonds. The molecular formula is C25H29N3O4. The summed E-state index contributed by atoms with van der Waals surface area (Å²) in [5.41, 5.74) is 3.06. The lowest BCUT2D eigenvalue weighted by Gasteiger charge is -2.35. The fourth-order valence-corrected chi connectivity index (χ4v) is 4.08. The van der Waals surface area contributed by atoms with Gasteiger partial charge in [-0.3, -0.25) is 14.5 Å². The quantitative estimate of drug-likeness (QED) is 0.681. The van der Waals surface area contributed by atoms with E-state index in [1.54, 1.807) is 17.0 Å². The fourth-order valence-electron chi connectivity index (χ4n) is 4.08. The van der Waals surface area contributed by atoms with Gasteiger partial charge in [-0.15, -0.1) is 0 Å². The van der Waals surface area contributed by atoms with Gasteiger partial charge in [-0.1, -0.05) is 30.3 Å². The Balaban J connectivity index is 1.26. The van der Waals surface area contributed by atoms with Crippen LogP contribution in [0.15, 0.2) is 42.5 Å². The van der Waals surface area contributed by atoms with Crippen LogP contribution in [0, 0.1) is 0 Å². The van der Waals surface area contributed by atoms with Gasteiger partial charge in [-0.2, -0.15) is 0 Å². The minimum Gasteiger partial charge on any atom is -0.444 e. The van der Waals surface area contributed by atoms with E-state index in [-0.39, 0.29) is 17.8 Å². The summed E-state index contributed by atoms with van der Waals surface area (Å²) in [5, 5.41) is 2.94. The van der Waals surface area contributed by atoms with Crippen LogP contribution in [-0.4, -0.2) is 72.5 Å². The molecule has 1 saturated heterocycles. The largest absolute Gasteiger partial charge is 0.444 e. The van der Waals surface area contributed by atoms with E-state index in [9.17, 15) is 14.4 Å². The maximum absolute atomic E-state index is 12.7. The first-order chi connectivity index (χ1) is 15.2. The average molecular weight is 436 g/mol. The van der Waals surface area contributed by atoms with Crippen molar-refractivity contribution in [3.8, 4) is 11.1 Å². The number of piperazine rings is 1. The zero-order valence-corrected chi connectivity index (χ0v) is 18.8. The summed E-state index contributed by atoms with van der Waals surface area (Å²) in [7, 11) is 0. The molecule has 0 aromatic heterocycles. The Labute approximate surface area is 188 Å². The van der Waals surface area contributed by atoms with Crippen molar-refractivity contribution in [3.63, 3.8) is 0 Å². The number of rotatable bonds is 4. The molecule has 0 radical (unpaired) electrons. The van der Waals surface area contributed by atoms with Gasteiger partial charge in [0.05, 0.1) is 0 Å². The molecule has 0 unspecified atom stereocenters. The van der Waals surface area contributed by atoms with Crippen molar-refractivity contribution in [3.05, 3.63) is 59.2 Å². The summed E-state index contributed by atoms with van der Waals surface area (Å²) in [6.45, 7) is 9.46. The van der Waals surface area contributed by atoms with Crippen molar-refractivity contribution in [2.24, 2.45) is 0 Å². The molecule has 0 spiro atoms. The topological polar surface area (TPSA) is 79.0 Å². The van der Waals surface area contributed by atoms with Crippen LogP contribution in [-0.2, 0) is 4.74 Å². The number of nitrogens with one attached hydrogen (secondary N) is 1. The van der Waals surface area contributed by atoms with Crippen molar-refractivity contribution in [2.45, 2.75) is 26.4 Å². The molecule has 1 aliphatic carbocycles. The van der Waals surface area contributed by atoms with Gasteiger partial charge in [-0.25, -0.2) is 4.79 Å². The summed E-state index contributed by atoms with van der Waals surface area (Å²) in [6.07, 6.45) is -0.279. The van der Waals surface area contributed by atoms with Crippen LogP contribution < -0.4 is 5.32 Å². The number of carbonyl (C=O) groups is 3. The monoisotopic (exact) mass is 435 g/mol. The second-order valence-corrected chi connectivity index (χ2v) is 9.20. The highest BCUT2D eigenvalue weighted by molar-refractivity contribution is 6.22. The van der Waals surface area contributed by atoms with Crippen LogP contribution in [0.2, 0.25) is 0 Å². The van der Waals surface area contributed by atoms with E-state index in [2.05, 4.69) is 10.2 Å². The molecular weight excluding hydrogens is 406 g/mol. The zero-order chi connectivity index (χ0) is 22.9. The molecule has 1 aliphatic heterocycles. The van der Waals surface area contributed by atoms with Gasteiger partial charge in [0, 0.05) is 56.0 Å². The van der Waals surface area contributed by atoms with E-state index < -0.39 is 5.60 Å². The SMILES string of the molecule is CC(C)(C)OC(=O)N1CCN(CCNC(=O)c2ccc3c(c2)C(=O)c2ccccc2-3)CC1. The van der Waals surface area contributed by atoms with Gasteiger partial charge in [0.1, 0.15) is 5.60 Å². The highest BCUT2D eigenvalue weighted by Gasteiger charge is 2.28. The van der Waals surface area contributed by atoms with Crippen molar-refractivity contribution < 1.29 is 19.1 Å². The lowest BCUT2D eigenvalue weighted by atomic mass is 10.0. The van der Waals surface area contributed by atoms with E-state index in [0.717, 1.165) is 24.2 Å². The molecule has 7 nitrogen and oxygen atoms in total. The van der Waals surface area contributed by atoms with Crippen LogP contribution >= 0.6 is 0 Å². The number of nitrogens with zero attached hydrogens (tertiary/aromatic N) is 2. The Hall–Kier alpha value is -3.19. The number of benzene rings is 2. The molecule has 168 valence electrons. The van der Waals surface area contributed by atoms with Gasteiger partial charge in [0.2, 0.25) is 0 Å². The third-order valence-corrected chi connectivity index (χ3v) is 5.73. The standard InChI is InChI=1S/C25H29N3O4/c1-25(2,3)32-24(31)28-14-12-27(13-15-28)11-10-26-23(30)17-8-9-19-18-6-4-5-7-20(18)22(29)21(19)16-17/h4-9,16H,10-15H2,1-3H3,(H,26,30). The number of fused-ring (bicyclic) bond motifs is 3. The summed E-state index contributed by atoms with van der Waals surface area (Å²) < 4.78 is 5.42. The molecule has 0 saturated carbocycles. The van der Waals surface area contributed by atoms with E-state index in [0.29, 0.717) is 42.9 Å². The van der Waals surface area contributed by atoms with Crippen LogP contribution in [0.25, 0.3) is 11.1 Å². The molecule has 32 heavy (non-hydrogen) atoms. The smallest absolute Gasteiger partial charge is 0.410 e. The molecule has 1 heterocycles. The average Bonchev–Trinajstić information content (AvgIpc) is 3.05. The van der Waals surface area contributed by atoms with E-state index >= 15 is 0 Å². The first-order valence-electron chi connectivity index (χ1n) is 11.0. The third-order valence-electron chi connectivity index (χ3n) is 5.73. The number of hydrogen-bond donors (Lipinski definition) is 1. The first-order valence-corrected chi connectivity index (χ1v) is 11.0. The van der Waals surface area contributed by atoms with Crippen molar-refractivity contribution in [1.82, 2.24) is 15.1 Å². The van der Waals surface area contributed by atoms with Gasteiger partial charge >= 0.3 is 6.09 Å². The van der Waals surface area contributed by atoms with Crippen LogP contribution in [0.3, 0.4) is 0 Å². The Morgan fingerprint density at radius 2 is 1.59 bits per heavy atom. The molecule has 4 rings (SSSR count). The summed E-state index contributed by atoms with van der Waals surface area (Å²) in [5.74, 6) is -0.225. The molecule has 7 heteroatoms. The van der Waals surface area contributed by atoms with Crippen molar-refractivity contribution in [1.29, 1.82) is 0 Å². The minimum atomic E-state index is -0.497. The molecule has 0 atom stereocenters. The molecule has 1 fully saturated rings. The Morgan fingerprint density at radius 3 is 2.28 bits per heavy atom.